The van der Waals surface area contributed by atoms with E-state index in [9.17, 15) is 0 Å². The molecule has 2 aromatic rings. The van der Waals surface area contributed by atoms with Gasteiger partial charge in [0.15, 0.2) is 0 Å². The summed E-state index contributed by atoms with van der Waals surface area (Å²) in [5.41, 5.74) is 0.821. The van der Waals surface area contributed by atoms with Crippen LogP contribution in [-0.2, 0) is 19.6 Å². The van der Waals surface area contributed by atoms with Crippen LogP contribution in [0.2, 0.25) is 0 Å². The summed E-state index contributed by atoms with van der Waals surface area (Å²) in [5, 5.41) is 19.7. The lowest BCUT2D eigenvalue weighted by Gasteiger charge is -1.97. The molecule has 0 aromatic carbocycles. The Kier molecular flexibility index (Phi) is 3.84. The number of hydrogen-bond donors (Lipinski definition) is 2. The standard InChI is InChI=1S/C10H15N5O2/c1-8-4-12-10(17-8)6-11-5-9-7-15(2-3-16)14-13-9/h4,7,11,16H,2-3,5-6H2,1H3. The minimum absolute atomic E-state index is 0.0613. The van der Waals surface area contributed by atoms with Gasteiger partial charge in [-0.3, -0.25) is 0 Å². The fourth-order valence-corrected chi connectivity index (χ4v) is 1.41. The molecule has 2 aromatic heterocycles. The van der Waals surface area contributed by atoms with Crippen molar-refractivity contribution in [1.29, 1.82) is 0 Å². The largest absolute Gasteiger partial charge is 0.445 e. The lowest BCUT2D eigenvalue weighted by atomic mass is 10.4. The lowest BCUT2D eigenvalue weighted by molar-refractivity contribution is 0.268. The first-order valence-corrected chi connectivity index (χ1v) is 5.40. The van der Waals surface area contributed by atoms with Crippen molar-refractivity contribution in [2.75, 3.05) is 6.61 Å². The molecule has 0 atom stereocenters. The average molecular weight is 237 g/mol. The van der Waals surface area contributed by atoms with Crippen LogP contribution in [-0.4, -0.2) is 31.7 Å². The summed E-state index contributed by atoms with van der Waals surface area (Å²) in [4.78, 5) is 4.08. The van der Waals surface area contributed by atoms with Gasteiger partial charge in [0.1, 0.15) is 5.76 Å². The molecule has 2 heterocycles. The molecule has 0 radical (unpaired) electrons. The summed E-state index contributed by atoms with van der Waals surface area (Å²) in [5.74, 6) is 1.46. The van der Waals surface area contributed by atoms with Crippen molar-refractivity contribution in [2.45, 2.75) is 26.6 Å². The molecule has 2 N–H and O–H groups in total. The Hall–Kier alpha value is -1.73. The Labute approximate surface area is 98.5 Å². The molecule has 0 spiro atoms. The highest BCUT2D eigenvalue weighted by atomic mass is 16.4. The van der Waals surface area contributed by atoms with E-state index in [2.05, 4.69) is 20.6 Å². The van der Waals surface area contributed by atoms with Crippen LogP contribution in [0.25, 0.3) is 0 Å². The van der Waals surface area contributed by atoms with Crippen LogP contribution >= 0.6 is 0 Å². The van der Waals surface area contributed by atoms with E-state index in [0.29, 0.717) is 25.5 Å². The highest BCUT2D eigenvalue weighted by Gasteiger charge is 2.02. The van der Waals surface area contributed by atoms with Crippen molar-refractivity contribution in [3.8, 4) is 0 Å². The van der Waals surface area contributed by atoms with Crippen LogP contribution in [0.4, 0.5) is 0 Å². The Bertz CT molecular complexity index is 465. The monoisotopic (exact) mass is 237 g/mol. The Morgan fingerprint density at radius 3 is 3.06 bits per heavy atom. The van der Waals surface area contributed by atoms with Gasteiger partial charge >= 0.3 is 0 Å². The fraction of sp³-hybridized carbons (Fsp3) is 0.500. The second kappa shape index (κ2) is 5.55. The van der Waals surface area contributed by atoms with E-state index in [0.717, 1.165) is 11.5 Å². The van der Waals surface area contributed by atoms with E-state index in [1.807, 2.05) is 6.92 Å². The SMILES string of the molecule is Cc1cnc(CNCc2cn(CCO)nn2)o1. The smallest absolute Gasteiger partial charge is 0.208 e. The van der Waals surface area contributed by atoms with Gasteiger partial charge in [0, 0.05) is 12.7 Å². The third kappa shape index (κ3) is 3.36. The van der Waals surface area contributed by atoms with Crippen LogP contribution in [0, 0.1) is 6.92 Å². The van der Waals surface area contributed by atoms with Crippen molar-refractivity contribution in [2.24, 2.45) is 0 Å². The Morgan fingerprint density at radius 1 is 1.47 bits per heavy atom. The van der Waals surface area contributed by atoms with E-state index in [-0.39, 0.29) is 6.61 Å². The molecule has 2 rings (SSSR count). The summed E-state index contributed by atoms with van der Waals surface area (Å²) in [6.45, 7) is 3.53. The topological polar surface area (TPSA) is 89.0 Å². The fourth-order valence-electron chi connectivity index (χ4n) is 1.41. The molecular formula is C10H15N5O2. The van der Waals surface area contributed by atoms with Crippen LogP contribution in [0.1, 0.15) is 17.3 Å². The molecule has 7 heteroatoms. The number of aromatic nitrogens is 4. The van der Waals surface area contributed by atoms with Crippen molar-refractivity contribution in [3.05, 3.63) is 29.7 Å². The second-order valence-electron chi connectivity index (χ2n) is 3.66. The molecule has 0 bridgehead atoms. The highest BCUT2D eigenvalue weighted by Crippen LogP contribution is 2.01. The maximum absolute atomic E-state index is 8.73. The van der Waals surface area contributed by atoms with E-state index in [1.54, 1.807) is 17.1 Å². The Balaban J connectivity index is 1.77. The summed E-state index contributed by atoms with van der Waals surface area (Å²) < 4.78 is 6.92. The predicted octanol–water partition coefficient (Wildman–Crippen LogP) is -0.143. The molecule has 0 aliphatic heterocycles. The number of nitrogens with one attached hydrogen (secondary N) is 1. The van der Waals surface area contributed by atoms with Gasteiger partial charge < -0.3 is 14.8 Å². The number of hydrogen-bond acceptors (Lipinski definition) is 6. The number of aliphatic hydroxyl groups excluding tert-OH is 1. The zero-order valence-corrected chi connectivity index (χ0v) is 9.63. The molecule has 92 valence electrons. The van der Waals surface area contributed by atoms with Gasteiger partial charge in [-0.2, -0.15) is 0 Å². The number of oxazole rings is 1. The summed E-state index contributed by atoms with van der Waals surface area (Å²) in [6, 6.07) is 0. The first-order valence-electron chi connectivity index (χ1n) is 5.40. The molecule has 0 aliphatic rings. The number of aryl methyl sites for hydroxylation is 1. The summed E-state index contributed by atoms with van der Waals surface area (Å²) in [6.07, 6.45) is 3.48. The van der Waals surface area contributed by atoms with Crippen molar-refractivity contribution in [1.82, 2.24) is 25.3 Å². The van der Waals surface area contributed by atoms with Gasteiger partial charge in [-0.15, -0.1) is 5.10 Å². The molecule has 0 aliphatic carbocycles. The van der Waals surface area contributed by atoms with Crippen LogP contribution in [0.3, 0.4) is 0 Å². The number of aliphatic hydroxyl groups is 1. The lowest BCUT2D eigenvalue weighted by Crippen LogP contribution is -2.13. The molecular weight excluding hydrogens is 222 g/mol. The predicted molar refractivity (Wildman–Crippen MR) is 58.9 cm³/mol. The van der Waals surface area contributed by atoms with Gasteiger partial charge in [-0.1, -0.05) is 5.21 Å². The third-order valence-corrected chi connectivity index (χ3v) is 2.17. The first-order chi connectivity index (χ1) is 8.28. The molecule has 0 saturated heterocycles. The van der Waals surface area contributed by atoms with E-state index < -0.39 is 0 Å². The van der Waals surface area contributed by atoms with Crippen LogP contribution in [0.15, 0.2) is 16.8 Å². The average Bonchev–Trinajstić information content (AvgIpc) is 2.89. The number of nitrogens with zero attached hydrogens (tertiary/aromatic N) is 4. The van der Waals surface area contributed by atoms with E-state index in [4.69, 9.17) is 9.52 Å². The van der Waals surface area contributed by atoms with Gasteiger partial charge in [0.2, 0.25) is 5.89 Å². The van der Waals surface area contributed by atoms with Gasteiger partial charge in [0.05, 0.1) is 31.6 Å². The van der Waals surface area contributed by atoms with Crippen molar-refractivity contribution < 1.29 is 9.52 Å². The third-order valence-electron chi connectivity index (χ3n) is 2.17. The van der Waals surface area contributed by atoms with Crippen molar-refractivity contribution in [3.63, 3.8) is 0 Å². The summed E-state index contributed by atoms with van der Waals surface area (Å²) in [7, 11) is 0. The van der Waals surface area contributed by atoms with E-state index in [1.165, 1.54) is 0 Å². The molecule has 0 fully saturated rings. The second-order valence-corrected chi connectivity index (χ2v) is 3.66. The van der Waals surface area contributed by atoms with Crippen LogP contribution < -0.4 is 5.32 Å². The minimum Gasteiger partial charge on any atom is -0.445 e. The highest BCUT2D eigenvalue weighted by molar-refractivity contribution is 4.93. The zero-order chi connectivity index (χ0) is 12.1. The first kappa shape index (κ1) is 11.7. The van der Waals surface area contributed by atoms with E-state index >= 15 is 0 Å². The molecule has 7 nitrogen and oxygen atoms in total. The normalized spacial score (nSPS) is 10.9. The maximum Gasteiger partial charge on any atom is 0.208 e. The van der Waals surface area contributed by atoms with Gasteiger partial charge in [-0.25, -0.2) is 9.67 Å². The molecule has 17 heavy (non-hydrogen) atoms. The molecule has 0 saturated carbocycles. The summed E-state index contributed by atoms with van der Waals surface area (Å²) >= 11 is 0. The minimum atomic E-state index is 0.0613. The molecule has 0 amide bonds. The zero-order valence-electron chi connectivity index (χ0n) is 9.63. The van der Waals surface area contributed by atoms with Crippen molar-refractivity contribution >= 4 is 0 Å². The molecule has 0 unspecified atom stereocenters. The number of rotatable bonds is 6. The maximum atomic E-state index is 8.73. The van der Waals surface area contributed by atoms with Gasteiger partial charge in [0.25, 0.3) is 0 Å². The Morgan fingerprint density at radius 2 is 2.35 bits per heavy atom. The quantitative estimate of drug-likeness (QED) is 0.726. The van der Waals surface area contributed by atoms with Crippen LogP contribution in [0.5, 0.6) is 0 Å². The van der Waals surface area contributed by atoms with Gasteiger partial charge in [-0.05, 0) is 6.92 Å².